The molecular formula is C32H50N4O4. The number of carbonyl (C=O) groups excluding carboxylic acids is 3. The van der Waals surface area contributed by atoms with Crippen molar-refractivity contribution in [1.29, 1.82) is 0 Å². The predicted octanol–water partition coefficient (Wildman–Crippen LogP) is 3.81. The first-order valence-corrected chi connectivity index (χ1v) is 15.7. The SMILES string of the molecule is CCCCN1C(=O)[C@@H](CC2(O)CCCCC2)NC(=O)C12CCN(CCCCCc1ccc(C(=O)NC)cc1)CC2. The van der Waals surface area contributed by atoms with Crippen LogP contribution in [0.5, 0.6) is 0 Å². The number of benzene rings is 1. The third-order valence-electron chi connectivity index (χ3n) is 9.48. The molecule has 222 valence electrons. The van der Waals surface area contributed by atoms with Gasteiger partial charge < -0.3 is 25.5 Å². The zero-order chi connectivity index (χ0) is 28.6. The molecule has 1 aliphatic carbocycles. The number of aryl methyl sites for hydroxylation is 1. The smallest absolute Gasteiger partial charge is 0.251 e. The van der Waals surface area contributed by atoms with E-state index in [2.05, 4.69) is 22.5 Å². The summed E-state index contributed by atoms with van der Waals surface area (Å²) in [5, 5.41) is 16.8. The summed E-state index contributed by atoms with van der Waals surface area (Å²) in [7, 11) is 1.64. The van der Waals surface area contributed by atoms with Crippen molar-refractivity contribution in [2.75, 3.05) is 33.2 Å². The van der Waals surface area contributed by atoms with E-state index in [0.717, 1.165) is 77.4 Å². The molecule has 0 unspecified atom stereocenters. The molecule has 4 rings (SSSR count). The summed E-state index contributed by atoms with van der Waals surface area (Å²) in [6.07, 6.45) is 12.4. The minimum absolute atomic E-state index is 0.00357. The molecule has 1 aromatic rings. The van der Waals surface area contributed by atoms with Crippen LogP contribution in [0.2, 0.25) is 0 Å². The summed E-state index contributed by atoms with van der Waals surface area (Å²) < 4.78 is 0. The van der Waals surface area contributed by atoms with Gasteiger partial charge in [0.05, 0.1) is 5.60 Å². The Balaban J connectivity index is 1.26. The van der Waals surface area contributed by atoms with Gasteiger partial charge >= 0.3 is 0 Å². The molecule has 3 fully saturated rings. The third-order valence-corrected chi connectivity index (χ3v) is 9.48. The molecule has 1 saturated carbocycles. The maximum Gasteiger partial charge on any atom is 0.251 e. The molecule has 8 heteroatoms. The molecule has 3 aliphatic rings. The van der Waals surface area contributed by atoms with Crippen LogP contribution in [0, 0.1) is 0 Å². The van der Waals surface area contributed by atoms with E-state index in [4.69, 9.17) is 0 Å². The number of likely N-dealkylation sites (tertiary alicyclic amines) is 1. The Morgan fingerprint density at radius 2 is 1.68 bits per heavy atom. The molecule has 1 atom stereocenters. The summed E-state index contributed by atoms with van der Waals surface area (Å²) in [6.45, 7) is 5.37. The minimum Gasteiger partial charge on any atom is -0.390 e. The topological polar surface area (TPSA) is 102 Å². The Morgan fingerprint density at radius 3 is 2.33 bits per heavy atom. The van der Waals surface area contributed by atoms with Crippen LogP contribution in [-0.4, -0.2) is 83.0 Å². The van der Waals surface area contributed by atoms with Crippen molar-refractivity contribution in [2.45, 2.75) is 114 Å². The fraction of sp³-hybridized carbons (Fsp3) is 0.719. The van der Waals surface area contributed by atoms with Gasteiger partial charge in [-0.1, -0.05) is 51.2 Å². The van der Waals surface area contributed by atoms with Crippen LogP contribution in [0.15, 0.2) is 24.3 Å². The van der Waals surface area contributed by atoms with Crippen molar-refractivity contribution in [2.24, 2.45) is 0 Å². The average molecular weight is 555 g/mol. The van der Waals surface area contributed by atoms with E-state index < -0.39 is 17.2 Å². The third kappa shape index (κ3) is 7.24. The van der Waals surface area contributed by atoms with Crippen LogP contribution >= 0.6 is 0 Å². The van der Waals surface area contributed by atoms with Crippen LogP contribution in [0.3, 0.4) is 0 Å². The lowest BCUT2D eigenvalue weighted by molar-refractivity contribution is -0.163. The van der Waals surface area contributed by atoms with Crippen molar-refractivity contribution >= 4 is 17.7 Å². The predicted molar refractivity (Wildman–Crippen MR) is 157 cm³/mol. The van der Waals surface area contributed by atoms with Gasteiger partial charge in [-0.25, -0.2) is 0 Å². The normalized spacial score (nSPS) is 22.8. The molecule has 3 N–H and O–H groups in total. The van der Waals surface area contributed by atoms with Gasteiger partial charge in [0.15, 0.2) is 0 Å². The summed E-state index contributed by atoms with van der Waals surface area (Å²) in [6, 6.07) is 7.23. The maximum atomic E-state index is 13.7. The minimum atomic E-state index is -0.842. The molecule has 1 spiro atoms. The Bertz CT molecular complexity index is 997. The zero-order valence-corrected chi connectivity index (χ0v) is 24.7. The van der Waals surface area contributed by atoms with Crippen LogP contribution in [-0.2, 0) is 16.0 Å². The van der Waals surface area contributed by atoms with Crippen molar-refractivity contribution in [3.8, 4) is 0 Å². The number of rotatable bonds is 12. The molecule has 0 radical (unpaired) electrons. The highest BCUT2D eigenvalue weighted by molar-refractivity contribution is 6.00. The Labute approximate surface area is 240 Å². The van der Waals surface area contributed by atoms with Crippen molar-refractivity contribution in [1.82, 2.24) is 20.4 Å². The fourth-order valence-corrected chi connectivity index (χ4v) is 6.90. The molecule has 8 nitrogen and oxygen atoms in total. The van der Waals surface area contributed by atoms with Crippen LogP contribution in [0.4, 0.5) is 0 Å². The van der Waals surface area contributed by atoms with E-state index in [1.54, 1.807) is 7.05 Å². The molecule has 0 aromatic heterocycles. The lowest BCUT2D eigenvalue weighted by Gasteiger charge is -2.52. The molecule has 2 heterocycles. The van der Waals surface area contributed by atoms with Gasteiger partial charge in [0.1, 0.15) is 11.6 Å². The van der Waals surface area contributed by atoms with Gasteiger partial charge in [0, 0.05) is 38.7 Å². The molecule has 40 heavy (non-hydrogen) atoms. The number of carbonyl (C=O) groups is 3. The monoisotopic (exact) mass is 554 g/mol. The fourth-order valence-electron chi connectivity index (χ4n) is 6.90. The van der Waals surface area contributed by atoms with E-state index >= 15 is 0 Å². The van der Waals surface area contributed by atoms with Gasteiger partial charge in [0.2, 0.25) is 11.8 Å². The van der Waals surface area contributed by atoms with Gasteiger partial charge in [-0.05, 0) is 75.6 Å². The lowest BCUT2D eigenvalue weighted by atomic mass is 9.77. The number of unbranched alkanes of at least 4 members (excludes halogenated alkanes) is 3. The zero-order valence-electron chi connectivity index (χ0n) is 24.7. The van der Waals surface area contributed by atoms with E-state index in [1.807, 2.05) is 29.2 Å². The van der Waals surface area contributed by atoms with Gasteiger partial charge in [-0.2, -0.15) is 0 Å². The first-order valence-electron chi connectivity index (χ1n) is 15.7. The highest BCUT2D eigenvalue weighted by Gasteiger charge is 2.54. The molecular weight excluding hydrogens is 504 g/mol. The van der Waals surface area contributed by atoms with Crippen molar-refractivity contribution in [3.05, 3.63) is 35.4 Å². The quantitative estimate of drug-likeness (QED) is 0.341. The van der Waals surface area contributed by atoms with E-state index in [-0.39, 0.29) is 17.7 Å². The summed E-state index contributed by atoms with van der Waals surface area (Å²) in [5.74, 6) is -0.0743. The average Bonchev–Trinajstić information content (AvgIpc) is 2.97. The van der Waals surface area contributed by atoms with Crippen molar-refractivity contribution < 1.29 is 19.5 Å². The second-order valence-electron chi connectivity index (χ2n) is 12.3. The molecule has 0 bridgehead atoms. The highest BCUT2D eigenvalue weighted by atomic mass is 16.3. The van der Waals surface area contributed by atoms with E-state index in [0.29, 0.717) is 44.2 Å². The first kappa shape index (κ1) is 30.5. The largest absolute Gasteiger partial charge is 0.390 e. The maximum absolute atomic E-state index is 13.7. The van der Waals surface area contributed by atoms with Crippen LogP contribution < -0.4 is 10.6 Å². The van der Waals surface area contributed by atoms with Gasteiger partial charge in [0.25, 0.3) is 5.91 Å². The number of hydrogen-bond donors (Lipinski definition) is 3. The van der Waals surface area contributed by atoms with Gasteiger partial charge in [-0.15, -0.1) is 0 Å². The van der Waals surface area contributed by atoms with E-state index in [1.165, 1.54) is 5.56 Å². The second-order valence-corrected chi connectivity index (χ2v) is 12.3. The number of hydrogen-bond acceptors (Lipinski definition) is 5. The number of amides is 3. The van der Waals surface area contributed by atoms with E-state index in [9.17, 15) is 19.5 Å². The Hall–Kier alpha value is -2.45. The molecule has 2 saturated heterocycles. The lowest BCUT2D eigenvalue weighted by Crippen LogP contribution is -2.73. The number of aliphatic hydroxyl groups is 1. The molecule has 3 amide bonds. The Kier molecular flexibility index (Phi) is 10.6. The van der Waals surface area contributed by atoms with Crippen LogP contribution in [0.25, 0.3) is 0 Å². The summed E-state index contributed by atoms with van der Waals surface area (Å²) >= 11 is 0. The number of piperazine rings is 1. The Morgan fingerprint density at radius 1 is 0.975 bits per heavy atom. The van der Waals surface area contributed by atoms with Crippen molar-refractivity contribution in [3.63, 3.8) is 0 Å². The highest BCUT2D eigenvalue weighted by Crippen LogP contribution is 2.37. The van der Waals surface area contributed by atoms with Gasteiger partial charge in [-0.3, -0.25) is 14.4 Å². The summed E-state index contributed by atoms with van der Waals surface area (Å²) in [5.41, 5.74) is 0.343. The second kappa shape index (κ2) is 13.9. The molecule has 2 aliphatic heterocycles. The number of nitrogens with zero attached hydrogens (tertiary/aromatic N) is 2. The first-order chi connectivity index (χ1) is 19.3. The number of piperidine rings is 1. The molecule has 1 aromatic carbocycles. The van der Waals surface area contributed by atoms with Crippen LogP contribution in [0.1, 0.15) is 106 Å². The number of nitrogens with one attached hydrogen (secondary N) is 2. The summed E-state index contributed by atoms with van der Waals surface area (Å²) in [4.78, 5) is 43.4. The standard InChI is InChI=1S/C32H50N4O4/c1-3-4-21-36-29(38)27(24-31(40)16-8-6-9-17-31)34-30(39)32(36)18-22-35(23-19-32)20-10-5-7-11-25-12-14-26(15-13-25)28(37)33-2/h12-15,27,40H,3-11,16-24H2,1-2H3,(H,33,37)(H,34,39)/t27-/m1/s1.